The summed E-state index contributed by atoms with van der Waals surface area (Å²) in [4.78, 5) is 4.06. The van der Waals surface area contributed by atoms with Crippen molar-refractivity contribution in [3.8, 4) is 5.75 Å². The van der Waals surface area contributed by atoms with Crippen molar-refractivity contribution in [2.24, 2.45) is 0 Å². The van der Waals surface area contributed by atoms with E-state index in [1.807, 2.05) is 23.7 Å². The molecule has 0 spiro atoms. The van der Waals surface area contributed by atoms with Crippen LogP contribution in [0.3, 0.4) is 0 Å². The van der Waals surface area contributed by atoms with E-state index >= 15 is 0 Å². The molecule has 0 saturated carbocycles. The average molecular weight is 325 g/mol. The lowest BCUT2D eigenvalue weighted by atomic mass is 10.2. The van der Waals surface area contributed by atoms with Gasteiger partial charge >= 0.3 is 0 Å². The Bertz CT molecular complexity index is 555. The lowest BCUT2D eigenvalue weighted by molar-refractivity contribution is 0.214. The molecule has 0 amide bonds. The molecule has 1 atom stereocenters. The highest BCUT2D eigenvalue weighted by molar-refractivity contribution is 9.10. The second-order valence-electron chi connectivity index (χ2n) is 4.28. The summed E-state index contributed by atoms with van der Waals surface area (Å²) in [6.45, 7) is 4.97. The highest BCUT2D eigenvalue weighted by atomic mass is 79.9. The number of pyridine rings is 1. The van der Waals surface area contributed by atoms with E-state index in [1.165, 1.54) is 0 Å². The summed E-state index contributed by atoms with van der Waals surface area (Å²) in [7, 11) is 0. The van der Waals surface area contributed by atoms with Gasteiger partial charge in [-0.1, -0.05) is 6.92 Å². The van der Waals surface area contributed by atoms with Crippen LogP contribution in [-0.2, 0) is 6.54 Å². The average Bonchev–Trinajstić information content (AvgIpc) is 2.82. The van der Waals surface area contributed by atoms with Gasteiger partial charge in [0.15, 0.2) is 11.6 Å². The summed E-state index contributed by atoms with van der Waals surface area (Å²) < 4.78 is 8.67. The van der Waals surface area contributed by atoms with Crippen LogP contribution in [0, 0.1) is 0 Å². The van der Waals surface area contributed by atoms with Gasteiger partial charge in [0.1, 0.15) is 6.10 Å². The third kappa shape index (κ3) is 3.26. The van der Waals surface area contributed by atoms with Crippen LogP contribution in [0.4, 0.5) is 5.82 Å². The molecule has 2 aromatic rings. The SMILES string of the molecule is CCCn1nccc1C(C)Oc1cc(Br)cnc1N. The van der Waals surface area contributed by atoms with Crippen molar-refractivity contribution in [2.75, 3.05) is 5.73 Å². The van der Waals surface area contributed by atoms with E-state index in [1.54, 1.807) is 12.4 Å². The van der Waals surface area contributed by atoms with E-state index in [0.717, 1.165) is 23.1 Å². The minimum Gasteiger partial charge on any atom is -0.481 e. The predicted molar refractivity (Wildman–Crippen MR) is 77.9 cm³/mol. The highest BCUT2D eigenvalue weighted by Crippen LogP contribution is 2.28. The molecule has 19 heavy (non-hydrogen) atoms. The first-order chi connectivity index (χ1) is 9.11. The monoisotopic (exact) mass is 324 g/mol. The molecule has 2 heterocycles. The number of ether oxygens (including phenoxy) is 1. The largest absolute Gasteiger partial charge is 0.481 e. The Morgan fingerprint density at radius 1 is 1.53 bits per heavy atom. The Morgan fingerprint density at radius 3 is 3.05 bits per heavy atom. The van der Waals surface area contributed by atoms with E-state index in [2.05, 4.69) is 32.9 Å². The topological polar surface area (TPSA) is 66.0 Å². The molecule has 5 nitrogen and oxygen atoms in total. The molecule has 0 saturated heterocycles. The lowest BCUT2D eigenvalue weighted by Crippen LogP contribution is -2.12. The minimum absolute atomic E-state index is 0.132. The van der Waals surface area contributed by atoms with E-state index in [0.29, 0.717) is 11.6 Å². The standard InChI is InChI=1S/C13H17BrN4O/c1-3-6-18-11(4-5-17-18)9(2)19-12-7-10(14)8-16-13(12)15/h4-5,7-9H,3,6H2,1-2H3,(H2,15,16). The van der Waals surface area contributed by atoms with Gasteiger partial charge in [0, 0.05) is 23.4 Å². The number of hydrogen-bond donors (Lipinski definition) is 1. The van der Waals surface area contributed by atoms with E-state index in [4.69, 9.17) is 10.5 Å². The summed E-state index contributed by atoms with van der Waals surface area (Å²) in [5.74, 6) is 0.961. The fraction of sp³-hybridized carbons (Fsp3) is 0.385. The van der Waals surface area contributed by atoms with Gasteiger partial charge in [-0.05, 0) is 41.4 Å². The summed E-state index contributed by atoms with van der Waals surface area (Å²) >= 11 is 3.36. The second kappa shape index (κ2) is 6.06. The normalized spacial score (nSPS) is 12.4. The zero-order valence-corrected chi connectivity index (χ0v) is 12.6. The fourth-order valence-electron chi connectivity index (χ4n) is 1.86. The third-order valence-electron chi connectivity index (χ3n) is 2.75. The van der Waals surface area contributed by atoms with Crippen LogP contribution in [-0.4, -0.2) is 14.8 Å². The Hall–Kier alpha value is -1.56. The number of nitrogen functional groups attached to an aromatic ring is 1. The first-order valence-corrected chi connectivity index (χ1v) is 7.00. The molecular formula is C13H17BrN4O. The van der Waals surface area contributed by atoms with Crippen LogP contribution in [0.2, 0.25) is 0 Å². The Morgan fingerprint density at radius 2 is 2.32 bits per heavy atom. The first kappa shape index (κ1) is 13.9. The number of halogens is 1. The number of hydrogen-bond acceptors (Lipinski definition) is 4. The summed E-state index contributed by atoms with van der Waals surface area (Å²) in [6, 6.07) is 3.78. The molecule has 0 aromatic carbocycles. The second-order valence-corrected chi connectivity index (χ2v) is 5.19. The van der Waals surface area contributed by atoms with Gasteiger partial charge < -0.3 is 10.5 Å². The number of nitrogens with two attached hydrogens (primary N) is 1. The molecule has 0 aliphatic rings. The molecular weight excluding hydrogens is 308 g/mol. The molecule has 0 aliphatic heterocycles. The van der Waals surface area contributed by atoms with Gasteiger partial charge in [-0.25, -0.2) is 4.98 Å². The van der Waals surface area contributed by atoms with Gasteiger partial charge in [0.05, 0.1) is 5.69 Å². The van der Waals surface area contributed by atoms with Crippen molar-refractivity contribution in [3.63, 3.8) is 0 Å². The van der Waals surface area contributed by atoms with Crippen molar-refractivity contribution in [1.29, 1.82) is 0 Å². The van der Waals surface area contributed by atoms with Crippen molar-refractivity contribution in [2.45, 2.75) is 32.9 Å². The Balaban J connectivity index is 2.18. The molecule has 0 radical (unpaired) electrons. The quantitative estimate of drug-likeness (QED) is 0.917. The van der Waals surface area contributed by atoms with Gasteiger partial charge in [-0.3, -0.25) is 4.68 Å². The van der Waals surface area contributed by atoms with Crippen molar-refractivity contribution >= 4 is 21.7 Å². The summed E-state index contributed by atoms with van der Waals surface area (Å²) in [5, 5.41) is 4.29. The molecule has 102 valence electrons. The molecule has 2 rings (SSSR count). The van der Waals surface area contributed by atoms with Crippen LogP contribution < -0.4 is 10.5 Å². The molecule has 1 unspecified atom stereocenters. The summed E-state index contributed by atoms with van der Waals surface area (Å²) in [6.07, 6.45) is 4.33. The number of aryl methyl sites for hydroxylation is 1. The zero-order chi connectivity index (χ0) is 13.8. The molecule has 0 fully saturated rings. The Kier molecular flexibility index (Phi) is 4.42. The maximum atomic E-state index is 5.88. The maximum absolute atomic E-state index is 5.88. The third-order valence-corrected chi connectivity index (χ3v) is 3.19. The van der Waals surface area contributed by atoms with Crippen molar-refractivity contribution < 1.29 is 4.74 Å². The number of nitrogens with zero attached hydrogens (tertiary/aromatic N) is 3. The lowest BCUT2D eigenvalue weighted by Gasteiger charge is -2.17. The first-order valence-electron chi connectivity index (χ1n) is 6.21. The van der Waals surface area contributed by atoms with Gasteiger partial charge in [-0.15, -0.1) is 0 Å². The predicted octanol–water partition coefficient (Wildman–Crippen LogP) is 3.17. The molecule has 6 heteroatoms. The van der Waals surface area contributed by atoms with Crippen LogP contribution in [0.15, 0.2) is 29.0 Å². The number of anilines is 1. The van der Waals surface area contributed by atoms with E-state index in [9.17, 15) is 0 Å². The Labute approximate surface area is 120 Å². The highest BCUT2D eigenvalue weighted by Gasteiger charge is 2.14. The van der Waals surface area contributed by atoms with Crippen LogP contribution in [0.25, 0.3) is 0 Å². The van der Waals surface area contributed by atoms with Crippen LogP contribution in [0.5, 0.6) is 5.75 Å². The van der Waals surface area contributed by atoms with Gasteiger partial charge in [-0.2, -0.15) is 5.10 Å². The molecule has 2 aromatic heterocycles. The minimum atomic E-state index is -0.132. The molecule has 0 aliphatic carbocycles. The van der Waals surface area contributed by atoms with E-state index in [-0.39, 0.29) is 6.10 Å². The number of aromatic nitrogens is 3. The van der Waals surface area contributed by atoms with Gasteiger partial charge in [0.25, 0.3) is 0 Å². The zero-order valence-electron chi connectivity index (χ0n) is 11.0. The van der Waals surface area contributed by atoms with Gasteiger partial charge in [0.2, 0.25) is 0 Å². The fourth-order valence-corrected chi connectivity index (χ4v) is 2.17. The molecule has 0 bridgehead atoms. The van der Waals surface area contributed by atoms with Crippen molar-refractivity contribution in [3.05, 3.63) is 34.7 Å². The van der Waals surface area contributed by atoms with Crippen LogP contribution in [0.1, 0.15) is 32.1 Å². The smallest absolute Gasteiger partial charge is 0.166 e. The number of rotatable bonds is 5. The summed E-state index contributed by atoms with van der Waals surface area (Å²) in [5.41, 5.74) is 6.84. The maximum Gasteiger partial charge on any atom is 0.166 e. The van der Waals surface area contributed by atoms with Crippen molar-refractivity contribution in [1.82, 2.24) is 14.8 Å². The van der Waals surface area contributed by atoms with Crippen LogP contribution >= 0.6 is 15.9 Å². The molecule has 2 N–H and O–H groups in total. The van der Waals surface area contributed by atoms with E-state index < -0.39 is 0 Å².